The highest BCUT2D eigenvalue weighted by Crippen LogP contribution is 2.30. The number of anilines is 2. The van der Waals surface area contributed by atoms with Gasteiger partial charge in [-0.3, -0.25) is 0 Å². The highest BCUT2D eigenvalue weighted by molar-refractivity contribution is 7.94. The number of primary amides is 2. The first-order valence-corrected chi connectivity index (χ1v) is 14.0. The molecule has 0 atom stereocenters. The molecule has 19 heteroatoms. The Balaban J connectivity index is 2.28. The van der Waals surface area contributed by atoms with Gasteiger partial charge in [-0.05, 0) is 24.3 Å². The van der Waals surface area contributed by atoms with Crippen LogP contribution in [0, 0.1) is 0 Å². The maximum Gasteiger partial charge on any atom is 0.339 e. The van der Waals surface area contributed by atoms with E-state index < -0.39 is 81.9 Å². The minimum atomic E-state index is -5.10. The molecule has 1 aromatic heterocycles. The number of methoxy groups -OCH3 is 2. The van der Waals surface area contributed by atoms with Crippen molar-refractivity contribution in [2.45, 2.75) is 9.79 Å². The van der Waals surface area contributed by atoms with Crippen molar-refractivity contribution in [3.63, 3.8) is 0 Å². The lowest BCUT2D eigenvalue weighted by atomic mass is 10.2. The van der Waals surface area contributed by atoms with Crippen LogP contribution in [0.15, 0.2) is 64.4 Å². The minimum absolute atomic E-state index is 0.111. The smallest absolute Gasteiger partial charge is 0.339 e. The predicted octanol–water partition coefficient (Wildman–Crippen LogP) is 1.25. The normalized spacial score (nSPS) is 11.3. The summed E-state index contributed by atoms with van der Waals surface area (Å²) in [5.74, 6) is -4.22. The van der Waals surface area contributed by atoms with Crippen LogP contribution in [0.4, 0.5) is 21.4 Å². The molecule has 0 radical (unpaired) electrons. The van der Waals surface area contributed by atoms with Gasteiger partial charge in [0.25, 0.3) is 26.0 Å². The number of carbonyl (C=O) groups is 4. The van der Waals surface area contributed by atoms with Gasteiger partial charge in [0, 0.05) is 6.07 Å². The fourth-order valence-electron chi connectivity index (χ4n) is 3.40. The number of urea groups is 2. The van der Waals surface area contributed by atoms with Gasteiger partial charge in [-0.15, -0.1) is 4.31 Å². The van der Waals surface area contributed by atoms with Crippen LogP contribution in [0.2, 0.25) is 5.15 Å². The fourth-order valence-corrected chi connectivity index (χ4v) is 6.44. The van der Waals surface area contributed by atoms with Gasteiger partial charge in [-0.1, -0.05) is 35.9 Å². The zero-order valence-corrected chi connectivity index (χ0v) is 23.3. The van der Waals surface area contributed by atoms with Crippen LogP contribution >= 0.6 is 11.6 Å². The minimum Gasteiger partial charge on any atom is -0.465 e. The zero-order chi connectivity index (χ0) is 30.7. The highest BCUT2D eigenvalue weighted by Gasteiger charge is 2.38. The number of nitrogens with zero attached hydrogens (tertiary/aromatic N) is 4. The van der Waals surface area contributed by atoms with E-state index in [0.717, 1.165) is 38.5 Å². The molecule has 216 valence electrons. The van der Waals surface area contributed by atoms with Crippen LogP contribution in [0.1, 0.15) is 20.7 Å². The van der Waals surface area contributed by atoms with Crippen molar-refractivity contribution in [3.8, 4) is 0 Å². The molecule has 16 nitrogen and oxygen atoms in total. The molecule has 3 aromatic rings. The van der Waals surface area contributed by atoms with Gasteiger partial charge in [-0.25, -0.2) is 36.0 Å². The number of aromatic nitrogens is 2. The topological polar surface area (TPSA) is 239 Å². The van der Waals surface area contributed by atoms with Crippen LogP contribution in [0.3, 0.4) is 0 Å². The van der Waals surface area contributed by atoms with E-state index in [2.05, 4.69) is 19.4 Å². The van der Waals surface area contributed by atoms with Crippen molar-refractivity contribution >= 4 is 67.4 Å². The molecular weight excluding hydrogens is 608 g/mol. The first-order valence-electron chi connectivity index (χ1n) is 10.8. The van der Waals surface area contributed by atoms with Crippen molar-refractivity contribution in [2.75, 3.05) is 22.8 Å². The summed E-state index contributed by atoms with van der Waals surface area (Å²) in [5.41, 5.74) is 9.69. The van der Waals surface area contributed by atoms with Gasteiger partial charge < -0.3 is 20.9 Å². The van der Waals surface area contributed by atoms with Crippen LogP contribution in [0.5, 0.6) is 0 Å². The van der Waals surface area contributed by atoms with Gasteiger partial charge in [0.1, 0.15) is 14.9 Å². The van der Waals surface area contributed by atoms with Gasteiger partial charge in [-0.2, -0.15) is 14.3 Å². The zero-order valence-electron chi connectivity index (χ0n) is 20.9. The Bertz CT molecular complexity index is 1660. The number of rotatable bonds is 8. The van der Waals surface area contributed by atoms with Gasteiger partial charge in [0.05, 0.1) is 25.3 Å². The highest BCUT2D eigenvalue weighted by atomic mass is 35.5. The average Bonchev–Trinajstić information content (AvgIpc) is 2.91. The molecule has 1 heterocycles. The lowest BCUT2D eigenvalue weighted by Crippen LogP contribution is -2.44. The summed E-state index contributed by atoms with van der Waals surface area (Å²) in [6, 6.07) is 6.52. The van der Waals surface area contributed by atoms with Gasteiger partial charge in [0.15, 0.2) is 5.82 Å². The predicted molar refractivity (Wildman–Crippen MR) is 141 cm³/mol. The van der Waals surface area contributed by atoms with Crippen molar-refractivity contribution in [2.24, 2.45) is 11.5 Å². The standard InChI is InChI=1S/C22H19ClN6O10S2/c1-38-18(30)12-7-3-5-9-14(12)40(34,35)28(20(24)32)17-11-16(23)26-22(27-17)29(21(25)33)41(36,37)15-10-6-4-8-13(15)19(31)39-2/h3-11H,1-2H3,(H2,24,32)(H2,25,33). The lowest BCUT2D eigenvalue weighted by molar-refractivity contribution is 0.0587. The lowest BCUT2D eigenvalue weighted by Gasteiger charge is -2.23. The summed E-state index contributed by atoms with van der Waals surface area (Å²) in [7, 11) is -8.18. The number of hydrogen-bond donors (Lipinski definition) is 2. The number of sulfonamides is 2. The largest absolute Gasteiger partial charge is 0.465 e. The number of amides is 4. The van der Waals surface area contributed by atoms with Crippen molar-refractivity contribution < 1.29 is 45.5 Å². The molecule has 4 amide bonds. The Morgan fingerprint density at radius 1 is 0.732 bits per heavy atom. The Hall–Kier alpha value is -4.81. The Kier molecular flexibility index (Phi) is 8.80. The molecule has 0 fully saturated rings. The Labute approximate surface area is 237 Å². The molecular formula is C22H19ClN6O10S2. The second-order valence-electron chi connectivity index (χ2n) is 7.54. The summed E-state index contributed by atoms with van der Waals surface area (Å²) in [6.45, 7) is 0. The quantitative estimate of drug-likeness (QED) is 0.265. The molecule has 0 bridgehead atoms. The molecule has 0 saturated heterocycles. The van der Waals surface area contributed by atoms with Gasteiger partial charge >= 0.3 is 24.0 Å². The molecule has 0 unspecified atom stereocenters. The average molecular weight is 627 g/mol. The van der Waals surface area contributed by atoms with Crippen molar-refractivity contribution in [1.82, 2.24) is 9.97 Å². The van der Waals surface area contributed by atoms with E-state index in [-0.39, 0.29) is 8.61 Å². The molecule has 0 saturated carbocycles. The monoisotopic (exact) mass is 626 g/mol. The molecule has 0 spiro atoms. The molecule has 0 aliphatic rings. The van der Waals surface area contributed by atoms with E-state index >= 15 is 0 Å². The van der Waals surface area contributed by atoms with E-state index in [1.165, 1.54) is 24.3 Å². The molecule has 3 rings (SSSR count). The summed E-state index contributed by atoms with van der Waals surface area (Å²) in [5, 5.41) is -0.671. The number of benzene rings is 2. The third-order valence-electron chi connectivity index (χ3n) is 5.08. The van der Waals surface area contributed by atoms with Crippen molar-refractivity contribution in [3.05, 3.63) is 70.9 Å². The van der Waals surface area contributed by atoms with Crippen molar-refractivity contribution in [1.29, 1.82) is 0 Å². The number of carbonyl (C=O) groups excluding carboxylic acids is 4. The number of nitrogens with two attached hydrogens (primary N) is 2. The van der Waals surface area contributed by atoms with E-state index in [1.807, 2.05) is 0 Å². The van der Waals surface area contributed by atoms with E-state index in [1.54, 1.807) is 0 Å². The Morgan fingerprint density at radius 2 is 1.15 bits per heavy atom. The number of halogens is 1. The van der Waals surface area contributed by atoms with Crippen LogP contribution in [-0.2, 0) is 29.5 Å². The molecule has 0 aliphatic carbocycles. The maximum absolute atomic E-state index is 13.6. The van der Waals surface area contributed by atoms with E-state index in [4.69, 9.17) is 23.1 Å². The van der Waals surface area contributed by atoms with Gasteiger partial charge in [0.2, 0.25) is 0 Å². The number of ether oxygens (including phenoxy) is 2. The first kappa shape index (κ1) is 30.7. The molecule has 41 heavy (non-hydrogen) atoms. The maximum atomic E-state index is 13.6. The summed E-state index contributed by atoms with van der Waals surface area (Å²) in [6.07, 6.45) is 0. The SMILES string of the molecule is COC(=O)c1ccccc1S(=O)(=O)N(C(N)=O)c1cc(Cl)nc(N(C(N)=O)S(=O)(=O)c2ccccc2C(=O)OC)n1. The summed E-state index contributed by atoms with van der Waals surface area (Å²) in [4.78, 5) is 55.1. The first-order chi connectivity index (χ1) is 19.2. The Morgan fingerprint density at radius 3 is 1.56 bits per heavy atom. The van der Waals surface area contributed by atoms with Crippen LogP contribution < -0.4 is 20.1 Å². The van der Waals surface area contributed by atoms with E-state index in [0.29, 0.717) is 6.07 Å². The second kappa shape index (κ2) is 11.7. The molecule has 0 aliphatic heterocycles. The molecule has 4 N–H and O–H groups in total. The fraction of sp³-hybridized carbons (Fsp3) is 0.0909. The van der Waals surface area contributed by atoms with Crippen LogP contribution in [0.25, 0.3) is 0 Å². The summed E-state index contributed by atoms with van der Waals surface area (Å²) < 4.78 is 63.0. The van der Waals surface area contributed by atoms with Crippen LogP contribution in [-0.4, -0.2) is 65.0 Å². The molecule has 2 aromatic carbocycles. The second-order valence-corrected chi connectivity index (χ2v) is 11.4. The third kappa shape index (κ3) is 5.88. The third-order valence-corrected chi connectivity index (χ3v) is 8.77. The summed E-state index contributed by atoms with van der Waals surface area (Å²) >= 11 is 6.00. The number of hydrogen-bond acceptors (Lipinski definition) is 12. The van der Waals surface area contributed by atoms with E-state index in [9.17, 15) is 36.0 Å². The number of esters is 2.